The van der Waals surface area contributed by atoms with E-state index in [1.54, 1.807) is 0 Å². The number of hydrogen-bond acceptors (Lipinski definition) is 2. The van der Waals surface area contributed by atoms with Gasteiger partial charge in [-0.05, 0) is 39.0 Å². The minimum atomic E-state index is -0.370. The molecule has 0 spiro atoms. The van der Waals surface area contributed by atoms with Gasteiger partial charge in [-0.3, -0.25) is 0 Å². The molecule has 1 saturated heterocycles. The number of fused-ring (bicyclic) bond motifs is 1. The molecule has 80 valence electrons. The van der Waals surface area contributed by atoms with E-state index in [0.717, 1.165) is 19.4 Å². The molecule has 14 heavy (non-hydrogen) atoms. The standard InChI is InChI=1S/C11H19NO2/c1-10(2,3)14-9(13)12-6-5-11(4)7-8(11)12/h8H,5-7H2,1-4H3/t8-,11+/m1/s1. The Bertz CT molecular complexity index is 269. The summed E-state index contributed by atoms with van der Waals surface area (Å²) in [5.41, 5.74) is 0.0435. The lowest BCUT2D eigenvalue weighted by Crippen LogP contribution is -2.36. The van der Waals surface area contributed by atoms with Crippen LogP contribution >= 0.6 is 0 Å². The van der Waals surface area contributed by atoms with E-state index in [1.165, 1.54) is 0 Å². The lowest BCUT2D eigenvalue weighted by molar-refractivity contribution is 0.0263. The van der Waals surface area contributed by atoms with Crippen LogP contribution in [0.5, 0.6) is 0 Å². The van der Waals surface area contributed by atoms with E-state index < -0.39 is 0 Å². The smallest absolute Gasteiger partial charge is 0.410 e. The maximum atomic E-state index is 11.7. The van der Waals surface area contributed by atoms with Crippen LogP contribution in [0.1, 0.15) is 40.5 Å². The Morgan fingerprint density at radius 2 is 2.14 bits per heavy atom. The summed E-state index contributed by atoms with van der Waals surface area (Å²) in [7, 11) is 0. The summed E-state index contributed by atoms with van der Waals surface area (Å²) >= 11 is 0. The van der Waals surface area contributed by atoms with Crippen LogP contribution in [0.25, 0.3) is 0 Å². The lowest BCUT2D eigenvalue weighted by Gasteiger charge is -2.25. The van der Waals surface area contributed by atoms with Crippen molar-refractivity contribution in [2.45, 2.75) is 52.2 Å². The van der Waals surface area contributed by atoms with Crippen LogP contribution in [0.4, 0.5) is 4.79 Å². The molecule has 1 aliphatic heterocycles. The predicted octanol–water partition coefficient (Wildman–Crippen LogP) is 2.41. The summed E-state index contributed by atoms with van der Waals surface area (Å²) < 4.78 is 5.35. The average Bonchev–Trinajstić information content (AvgIpc) is 2.51. The molecule has 1 heterocycles. The van der Waals surface area contributed by atoms with Gasteiger partial charge in [-0.2, -0.15) is 0 Å². The Balaban J connectivity index is 1.94. The van der Waals surface area contributed by atoms with Crippen molar-refractivity contribution in [2.24, 2.45) is 5.41 Å². The summed E-state index contributed by atoms with van der Waals surface area (Å²) in [4.78, 5) is 13.6. The molecule has 1 aliphatic carbocycles. The molecular weight excluding hydrogens is 178 g/mol. The van der Waals surface area contributed by atoms with Crippen molar-refractivity contribution in [1.29, 1.82) is 0 Å². The maximum absolute atomic E-state index is 11.7. The Kier molecular flexibility index (Phi) is 1.85. The van der Waals surface area contributed by atoms with E-state index in [-0.39, 0.29) is 11.7 Å². The van der Waals surface area contributed by atoms with E-state index >= 15 is 0 Å². The van der Waals surface area contributed by atoms with Crippen molar-refractivity contribution in [3.8, 4) is 0 Å². The Morgan fingerprint density at radius 3 is 2.50 bits per heavy atom. The lowest BCUT2D eigenvalue weighted by atomic mass is 10.1. The molecule has 0 bridgehead atoms. The van der Waals surface area contributed by atoms with E-state index in [1.807, 2.05) is 25.7 Å². The number of likely N-dealkylation sites (tertiary alicyclic amines) is 1. The monoisotopic (exact) mass is 197 g/mol. The van der Waals surface area contributed by atoms with Gasteiger partial charge in [0.25, 0.3) is 0 Å². The van der Waals surface area contributed by atoms with Crippen molar-refractivity contribution < 1.29 is 9.53 Å². The first-order valence-corrected chi connectivity index (χ1v) is 5.31. The van der Waals surface area contributed by atoms with Gasteiger partial charge in [-0.1, -0.05) is 6.92 Å². The largest absolute Gasteiger partial charge is 0.444 e. The van der Waals surface area contributed by atoms with E-state index in [4.69, 9.17) is 4.74 Å². The molecule has 1 amide bonds. The van der Waals surface area contributed by atoms with Crippen molar-refractivity contribution in [3.05, 3.63) is 0 Å². The van der Waals surface area contributed by atoms with Gasteiger partial charge in [0, 0.05) is 12.6 Å². The number of carbonyl (C=O) groups is 1. The van der Waals surface area contributed by atoms with E-state index in [9.17, 15) is 4.79 Å². The van der Waals surface area contributed by atoms with Crippen LogP contribution in [0.2, 0.25) is 0 Å². The van der Waals surface area contributed by atoms with Crippen LogP contribution in [0, 0.1) is 5.41 Å². The molecule has 0 radical (unpaired) electrons. The average molecular weight is 197 g/mol. The molecule has 0 aromatic rings. The first kappa shape index (κ1) is 9.81. The molecule has 2 atom stereocenters. The summed E-state index contributed by atoms with van der Waals surface area (Å²) in [5.74, 6) is 0. The van der Waals surface area contributed by atoms with Crippen LogP contribution in [0.15, 0.2) is 0 Å². The quantitative estimate of drug-likeness (QED) is 0.597. The second kappa shape index (κ2) is 2.65. The fraction of sp³-hybridized carbons (Fsp3) is 0.909. The van der Waals surface area contributed by atoms with Crippen LogP contribution in [-0.2, 0) is 4.74 Å². The van der Waals surface area contributed by atoms with Gasteiger partial charge in [0.15, 0.2) is 0 Å². The number of nitrogens with zero attached hydrogens (tertiary/aromatic N) is 1. The van der Waals surface area contributed by atoms with Gasteiger partial charge in [-0.15, -0.1) is 0 Å². The highest BCUT2D eigenvalue weighted by Crippen LogP contribution is 2.56. The van der Waals surface area contributed by atoms with Crippen LogP contribution < -0.4 is 0 Å². The third-order valence-corrected chi connectivity index (χ3v) is 3.23. The van der Waals surface area contributed by atoms with Crippen molar-refractivity contribution >= 4 is 6.09 Å². The number of amides is 1. The Morgan fingerprint density at radius 1 is 1.50 bits per heavy atom. The molecule has 0 aromatic carbocycles. The second-order valence-corrected chi connectivity index (χ2v) is 5.80. The molecule has 3 nitrogen and oxygen atoms in total. The highest BCUT2D eigenvalue weighted by atomic mass is 16.6. The molecule has 0 N–H and O–H groups in total. The third kappa shape index (κ3) is 1.60. The fourth-order valence-electron chi connectivity index (χ4n) is 2.21. The molecule has 1 saturated carbocycles. The first-order valence-electron chi connectivity index (χ1n) is 5.31. The molecule has 0 aromatic heterocycles. The van der Waals surface area contributed by atoms with E-state index in [0.29, 0.717) is 11.5 Å². The number of carbonyl (C=O) groups excluding carboxylic acids is 1. The van der Waals surface area contributed by atoms with Gasteiger partial charge in [0.2, 0.25) is 0 Å². The summed E-state index contributed by atoms with van der Waals surface area (Å²) in [5, 5.41) is 0. The molecule has 2 fully saturated rings. The van der Waals surface area contributed by atoms with E-state index in [2.05, 4.69) is 6.92 Å². The Hall–Kier alpha value is -0.730. The van der Waals surface area contributed by atoms with Gasteiger partial charge in [0.05, 0.1) is 0 Å². The normalized spacial score (nSPS) is 35.4. The van der Waals surface area contributed by atoms with Gasteiger partial charge >= 0.3 is 6.09 Å². The van der Waals surface area contributed by atoms with Crippen molar-refractivity contribution in [3.63, 3.8) is 0 Å². The molecule has 3 heteroatoms. The van der Waals surface area contributed by atoms with Gasteiger partial charge in [-0.25, -0.2) is 4.79 Å². The summed E-state index contributed by atoms with van der Waals surface area (Å²) in [6.45, 7) is 8.85. The number of hydrogen-bond donors (Lipinski definition) is 0. The number of piperidine rings is 1. The third-order valence-electron chi connectivity index (χ3n) is 3.23. The van der Waals surface area contributed by atoms with Crippen molar-refractivity contribution in [2.75, 3.05) is 6.54 Å². The summed E-state index contributed by atoms with van der Waals surface area (Å²) in [6.07, 6.45) is 2.16. The summed E-state index contributed by atoms with van der Waals surface area (Å²) in [6, 6.07) is 0.456. The second-order valence-electron chi connectivity index (χ2n) is 5.80. The topological polar surface area (TPSA) is 29.5 Å². The maximum Gasteiger partial charge on any atom is 0.410 e. The van der Waals surface area contributed by atoms with Gasteiger partial charge in [0.1, 0.15) is 5.60 Å². The molecular formula is C11H19NO2. The first-order chi connectivity index (χ1) is 6.32. The van der Waals surface area contributed by atoms with Crippen molar-refractivity contribution in [1.82, 2.24) is 4.90 Å². The minimum absolute atomic E-state index is 0.135. The zero-order valence-electron chi connectivity index (χ0n) is 9.46. The SMILES string of the molecule is CC(C)(C)OC(=O)N1CC[C@@]2(C)C[C@@H]12. The number of ether oxygens (including phenoxy) is 1. The number of rotatable bonds is 0. The van der Waals surface area contributed by atoms with Gasteiger partial charge < -0.3 is 9.64 Å². The highest BCUT2D eigenvalue weighted by Gasteiger charge is 2.59. The highest BCUT2D eigenvalue weighted by molar-refractivity contribution is 5.70. The molecule has 2 aliphatic rings. The molecule has 2 rings (SSSR count). The zero-order valence-corrected chi connectivity index (χ0v) is 9.46. The van der Waals surface area contributed by atoms with Crippen LogP contribution in [-0.4, -0.2) is 29.2 Å². The minimum Gasteiger partial charge on any atom is -0.444 e. The predicted molar refractivity (Wildman–Crippen MR) is 54.1 cm³/mol. The Labute approximate surface area is 85.4 Å². The fourth-order valence-corrected chi connectivity index (χ4v) is 2.21. The van der Waals surface area contributed by atoms with Crippen LogP contribution in [0.3, 0.4) is 0 Å². The zero-order chi connectivity index (χ0) is 10.6. The molecule has 0 unspecified atom stereocenters.